The van der Waals surface area contributed by atoms with Crippen molar-refractivity contribution in [2.45, 2.75) is 11.4 Å². The molecule has 2 aromatic rings. The highest BCUT2D eigenvalue weighted by atomic mass is 79.9. The molecular weight excluding hydrogens is 384 g/mol. The summed E-state index contributed by atoms with van der Waals surface area (Å²) in [6.45, 7) is 0.0801. The van der Waals surface area contributed by atoms with Crippen molar-refractivity contribution < 1.29 is 17.9 Å². The zero-order valence-corrected chi connectivity index (χ0v) is 15.1. The number of benzene rings is 2. The molecule has 0 bridgehead atoms. The van der Waals surface area contributed by atoms with E-state index in [4.69, 9.17) is 15.2 Å². The fourth-order valence-electron chi connectivity index (χ4n) is 1.98. The van der Waals surface area contributed by atoms with Gasteiger partial charge in [-0.15, -0.1) is 0 Å². The van der Waals surface area contributed by atoms with Gasteiger partial charge in [-0.2, -0.15) is 0 Å². The van der Waals surface area contributed by atoms with Gasteiger partial charge in [0.05, 0.1) is 23.6 Å². The standard InChI is InChI=1S/C15H17BrN2O4S/c1-21-11-7-6-10(13(8-11)22-2)9-18-23(19,20)14-5-3-4-12(17)15(14)16/h3-8,18H,9,17H2,1-2H3. The van der Waals surface area contributed by atoms with E-state index in [0.717, 1.165) is 0 Å². The number of halogens is 1. The molecule has 0 aliphatic rings. The summed E-state index contributed by atoms with van der Waals surface area (Å²) in [5, 5.41) is 0. The molecule has 2 rings (SSSR count). The maximum atomic E-state index is 12.4. The number of methoxy groups -OCH3 is 2. The molecule has 0 aliphatic carbocycles. The Morgan fingerprint density at radius 2 is 1.91 bits per heavy atom. The lowest BCUT2D eigenvalue weighted by molar-refractivity contribution is 0.390. The van der Waals surface area contributed by atoms with Crippen molar-refractivity contribution in [3.63, 3.8) is 0 Å². The van der Waals surface area contributed by atoms with E-state index in [1.807, 2.05) is 0 Å². The zero-order valence-electron chi connectivity index (χ0n) is 12.7. The first-order valence-electron chi connectivity index (χ1n) is 6.63. The van der Waals surface area contributed by atoms with Crippen LogP contribution in [0.25, 0.3) is 0 Å². The van der Waals surface area contributed by atoms with Gasteiger partial charge in [-0.25, -0.2) is 13.1 Å². The molecule has 0 atom stereocenters. The first-order valence-corrected chi connectivity index (χ1v) is 8.91. The minimum atomic E-state index is -3.72. The second kappa shape index (κ2) is 7.20. The highest BCUT2D eigenvalue weighted by Gasteiger charge is 2.19. The minimum Gasteiger partial charge on any atom is -0.497 e. The van der Waals surface area contributed by atoms with E-state index in [-0.39, 0.29) is 11.4 Å². The summed E-state index contributed by atoms with van der Waals surface area (Å²) in [5.74, 6) is 1.17. The van der Waals surface area contributed by atoms with Gasteiger partial charge in [0.1, 0.15) is 11.5 Å². The Bertz CT molecular complexity index is 809. The lowest BCUT2D eigenvalue weighted by atomic mass is 10.2. The van der Waals surface area contributed by atoms with Crippen molar-refractivity contribution in [1.82, 2.24) is 4.72 Å². The molecule has 0 unspecified atom stereocenters. The summed E-state index contributed by atoms with van der Waals surface area (Å²) >= 11 is 3.20. The highest BCUT2D eigenvalue weighted by Crippen LogP contribution is 2.28. The summed E-state index contributed by atoms with van der Waals surface area (Å²) in [4.78, 5) is 0.0879. The van der Waals surface area contributed by atoms with Gasteiger partial charge in [0.25, 0.3) is 0 Å². The molecular formula is C15H17BrN2O4S. The first-order chi connectivity index (χ1) is 10.9. The lowest BCUT2D eigenvalue weighted by Crippen LogP contribution is -2.24. The Labute approximate surface area is 143 Å². The van der Waals surface area contributed by atoms with Crippen molar-refractivity contribution in [3.05, 3.63) is 46.4 Å². The average molecular weight is 401 g/mol. The largest absolute Gasteiger partial charge is 0.497 e. The van der Waals surface area contributed by atoms with Gasteiger partial charge in [-0.1, -0.05) is 12.1 Å². The van der Waals surface area contributed by atoms with E-state index < -0.39 is 10.0 Å². The van der Waals surface area contributed by atoms with Crippen LogP contribution in [0.4, 0.5) is 5.69 Å². The van der Waals surface area contributed by atoms with E-state index in [1.165, 1.54) is 13.2 Å². The van der Waals surface area contributed by atoms with Crippen LogP contribution in [0.2, 0.25) is 0 Å². The van der Waals surface area contributed by atoms with Gasteiger partial charge in [0, 0.05) is 23.9 Å². The maximum Gasteiger partial charge on any atom is 0.242 e. The number of ether oxygens (including phenoxy) is 2. The van der Waals surface area contributed by atoms with Crippen molar-refractivity contribution in [2.24, 2.45) is 0 Å². The number of rotatable bonds is 6. The van der Waals surface area contributed by atoms with Crippen molar-refractivity contribution in [2.75, 3.05) is 20.0 Å². The molecule has 0 saturated heterocycles. The molecule has 8 heteroatoms. The Kier molecular flexibility index (Phi) is 5.51. The van der Waals surface area contributed by atoms with Crippen LogP contribution in [0, 0.1) is 0 Å². The van der Waals surface area contributed by atoms with Crippen LogP contribution in [0.1, 0.15) is 5.56 Å². The van der Waals surface area contributed by atoms with Crippen LogP contribution in [0.15, 0.2) is 45.8 Å². The summed E-state index contributed by atoms with van der Waals surface area (Å²) in [7, 11) is -0.651. The van der Waals surface area contributed by atoms with E-state index in [2.05, 4.69) is 20.7 Å². The molecule has 2 aromatic carbocycles. The average Bonchev–Trinajstić information content (AvgIpc) is 2.55. The number of sulfonamides is 1. The number of hydrogen-bond donors (Lipinski definition) is 2. The van der Waals surface area contributed by atoms with Crippen LogP contribution in [0.3, 0.4) is 0 Å². The number of nitrogens with two attached hydrogens (primary N) is 1. The Morgan fingerprint density at radius 1 is 1.17 bits per heavy atom. The number of nitrogens with one attached hydrogen (secondary N) is 1. The van der Waals surface area contributed by atoms with Crippen molar-refractivity contribution in [1.29, 1.82) is 0 Å². The smallest absolute Gasteiger partial charge is 0.242 e. The fourth-order valence-corrected chi connectivity index (χ4v) is 4.00. The second-order valence-electron chi connectivity index (χ2n) is 4.66. The highest BCUT2D eigenvalue weighted by molar-refractivity contribution is 9.10. The summed E-state index contributed by atoms with van der Waals surface area (Å²) < 4.78 is 38.1. The molecule has 0 amide bonds. The lowest BCUT2D eigenvalue weighted by Gasteiger charge is -2.13. The zero-order chi connectivity index (χ0) is 17.0. The van der Waals surface area contributed by atoms with Crippen LogP contribution in [-0.2, 0) is 16.6 Å². The maximum absolute atomic E-state index is 12.4. The third-order valence-electron chi connectivity index (χ3n) is 3.23. The summed E-state index contributed by atoms with van der Waals surface area (Å²) in [6.07, 6.45) is 0. The van der Waals surface area contributed by atoms with Gasteiger partial charge >= 0.3 is 0 Å². The third-order valence-corrected chi connectivity index (χ3v) is 5.82. The van der Waals surface area contributed by atoms with Gasteiger partial charge in [-0.05, 0) is 34.1 Å². The van der Waals surface area contributed by atoms with Crippen molar-refractivity contribution in [3.8, 4) is 11.5 Å². The van der Waals surface area contributed by atoms with Gasteiger partial charge in [0.2, 0.25) is 10.0 Å². The molecule has 0 radical (unpaired) electrons. The molecule has 0 fully saturated rings. The van der Waals surface area contributed by atoms with Gasteiger partial charge < -0.3 is 15.2 Å². The molecule has 6 nitrogen and oxygen atoms in total. The van der Waals surface area contributed by atoms with Crippen LogP contribution >= 0.6 is 15.9 Å². The van der Waals surface area contributed by atoms with Gasteiger partial charge in [-0.3, -0.25) is 0 Å². The molecule has 0 aliphatic heterocycles. The molecule has 0 aromatic heterocycles. The van der Waals surface area contributed by atoms with E-state index in [1.54, 1.807) is 37.4 Å². The van der Waals surface area contributed by atoms with E-state index in [0.29, 0.717) is 27.2 Å². The Morgan fingerprint density at radius 3 is 2.57 bits per heavy atom. The van der Waals surface area contributed by atoms with Crippen molar-refractivity contribution >= 4 is 31.6 Å². The van der Waals surface area contributed by atoms with Crippen LogP contribution in [-0.4, -0.2) is 22.6 Å². The number of nitrogen functional groups attached to an aromatic ring is 1. The van der Waals surface area contributed by atoms with E-state index in [9.17, 15) is 8.42 Å². The second-order valence-corrected chi connectivity index (χ2v) is 7.19. The van der Waals surface area contributed by atoms with Crippen LogP contribution in [0.5, 0.6) is 11.5 Å². The normalized spacial score (nSPS) is 11.3. The number of hydrogen-bond acceptors (Lipinski definition) is 5. The summed E-state index contributed by atoms with van der Waals surface area (Å²) in [6, 6.07) is 9.86. The molecule has 3 N–H and O–H groups in total. The molecule has 23 heavy (non-hydrogen) atoms. The molecule has 0 saturated carbocycles. The molecule has 0 spiro atoms. The van der Waals surface area contributed by atoms with Gasteiger partial charge in [0.15, 0.2) is 0 Å². The fraction of sp³-hybridized carbons (Fsp3) is 0.200. The van der Waals surface area contributed by atoms with Crippen LogP contribution < -0.4 is 19.9 Å². The molecule has 0 heterocycles. The molecule has 124 valence electrons. The SMILES string of the molecule is COc1ccc(CNS(=O)(=O)c2cccc(N)c2Br)c(OC)c1. The first kappa shape index (κ1) is 17.6. The predicted molar refractivity (Wildman–Crippen MR) is 92.1 cm³/mol. The number of anilines is 1. The quantitative estimate of drug-likeness (QED) is 0.726. The summed E-state index contributed by atoms with van der Waals surface area (Å²) in [5.41, 5.74) is 6.78. The topological polar surface area (TPSA) is 90.7 Å². The monoisotopic (exact) mass is 400 g/mol. The third kappa shape index (κ3) is 3.95. The minimum absolute atomic E-state index is 0.0801. The predicted octanol–water partition coefficient (Wildman–Crippen LogP) is 2.53. The van der Waals surface area contributed by atoms with E-state index >= 15 is 0 Å². The Balaban J connectivity index is 2.24. The Hall–Kier alpha value is -1.77.